The highest BCUT2D eigenvalue weighted by molar-refractivity contribution is 6.01. The molecule has 2 aromatic rings. The molecule has 0 bridgehead atoms. The van der Waals surface area contributed by atoms with Crippen molar-refractivity contribution in [2.45, 2.75) is 57.9 Å². The molecule has 1 saturated carbocycles. The predicted molar refractivity (Wildman–Crippen MR) is 82.9 cm³/mol. The number of para-hydroxylation sites is 1. The Labute approximate surface area is 124 Å². The molecule has 1 aliphatic carbocycles. The zero-order chi connectivity index (χ0) is 15.2. The molecule has 0 spiro atoms. The maximum atomic E-state index is 11.6. The number of benzene rings is 1. The van der Waals surface area contributed by atoms with Crippen LogP contribution in [0.3, 0.4) is 0 Å². The van der Waals surface area contributed by atoms with Crippen molar-refractivity contribution in [2.75, 3.05) is 0 Å². The Hall–Kier alpha value is -1.84. The highest BCUT2D eigenvalue weighted by Gasteiger charge is 2.35. The van der Waals surface area contributed by atoms with Crippen LogP contribution in [0.2, 0.25) is 0 Å². The lowest BCUT2D eigenvalue weighted by Gasteiger charge is -2.29. The number of carboxylic acid groups (broad SMARTS) is 1. The molecule has 1 heterocycles. The number of hydrogen-bond donors (Lipinski definition) is 1. The summed E-state index contributed by atoms with van der Waals surface area (Å²) in [5.74, 6) is 0.684. The van der Waals surface area contributed by atoms with Crippen molar-refractivity contribution in [2.24, 2.45) is 0 Å². The van der Waals surface area contributed by atoms with E-state index in [4.69, 9.17) is 4.98 Å². The van der Waals surface area contributed by atoms with E-state index in [-0.39, 0.29) is 5.54 Å². The smallest absolute Gasteiger partial charge is 0.337 e. The summed E-state index contributed by atoms with van der Waals surface area (Å²) in [6.45, 7) is 6.53. The zero-order valence-corrected chi connectivity index (χ0v) is 12.9. The van der Waals surface area contributed by atoms with Gasteiger partial charge in [-0.15, -0.1) is 0 Å². The Morgan fingerprint density at radius 1 is 1.43 bits per heavy atom. The molecule has 1 fully saturated rings. The molecular weight excluding hydrogens is 264 g/mol. The number of rotatable bonds is 5. The van der Waals surface area contributed by atoms with E-state index in [1.165, 1.54) is 0 Å². The molecule has 3 rings (SSSR count). The minimum absolute atomic E-state index is 0.118. The maximum Gasteiger partial charge on any atom is 0.337 e. The van der Waals surface area contributed by atoms with Crippen LogP contribution in [0.1, 0.15) is 68.6 Å². The first-order chi connectivity index (χ1) is 9.95. The van der Waals surface area contributed by atoms with Gasteiger partial charge >= 0.3 is 5.97 Å². The molecule has 1 aromatic heterocycles. The van der Waals surface area contributed by atoms with Gasteiger partial charge in [-0.25, -0.2) is 9.78 Å². The van der Waals surface area contributed by atoms with Gasteiger partial charge in [-0.05, 0) is 45.2 Å². The van der Waals surface area contributed by atoms with Crippen molar-refractivity contribution in [3.05, 3.63) is 29.6 Å². The second-order valence-electron chi connectivity index (χ2n) is 6.62. The lowest BCUT2D eigenvalue weighted by atomic mass is 9.97. The van der Waals surface area contributed by atoms with Gasteiger partial charge in [0.2, 0.25) is 0 Å². The van der Waals surface area contributed by atoms with Crippen LogP contribution in [0.15, 0.2) is 18.2 Å². The average Bonchev–Trinajstić information content (AvgIpc) is 3.17. The van der Waals surface area contributed by atoms with E-state index in [0.29, 0.717) is 11.5 Å². The number of fused-ring (bicyclic) bond motifs is 1. The van der Waals surface area contributed by atoms with Crippen LogP contribution in [0.4, 0.5) is 0 Å². The zero-order valence-electron chi connectivity index (χ0n) is 12.9. The highest BCUT2D eigenvalue weighted by Crippen LogP contribution is 2.43. The minimum atomic E-state index is -0.878. The number of carbonyl (C=O) groups is 1. The summed E-state index contributed by atoms with van der Waals surface area (Å²) in [5, 5.41) is 9.53. The van der Waals surface area contributed by atoms with Crippen LogP contribution >= 0.6 is 0 Å². The van der Waals surface area contributed by atoms with E-state index in [2.05, 4.69) is 25.3 Å². The number of aromatic nitrogens is 2. The summed E-state index contributed by atoms with van der Waals surface area (Å²) in [7, 11) is 0. The van der Waals surface area contributed by atoms with E-state index in [1.807, 2.05) is 6.07 Å². The fraction of sp³-hybridized carbons (Fsp3) is 0.529. The van der Waals surface area contributed by atoms with E-state index in [9.17, 15) is 9.90 Å². The molecule has 4 nitrogen and oxygen atoms in total. The molecule has 112 valence electrons. The monoisotopic (exact) mass is 286 g/mol. The van der Waals surface area contributed by atoms with Crippen LogP contribution < -0.4 is 0 Å². The summed E-state index contributed by atoms with van der Waals surface area (Å²) in [4.78, 5) is 16.4. The fourth-order valence-corrected chi connectivity index (χ4v) is 3.27. The van der Waals surface area contributed by atoms with E-state index < -0.39 is 5.97 Å². The van der Waals surface area contributed by atoms with Gasteiger partial charge in [0, 0.05) is 11.5 Å². The van der Waals surface area contributed by atoms with Gasteiger partial charge in [-0.3, -0.25) is 0 Å². The molecule has 0 amide bonds. The second kappa shape index (κ2) is 4.86. The first-order valence-electron chi connectivity index (χ1n) is 7.71. The quantitative estimate of drug-likeness (QED) is 0.898. The van der Waals surface area contributed by atoms with E-state index >= 15 is 0 Å². The summed E-state index contributed by atoms with van der Waals surface area (Å²) in [5.41, 5.74) is 1.83. The molecule has 1 N–H and O–H groups in total. The standard InChI is InChI=1S/C17H22N2O2/c1-4-10-17(2,3)19-14-12(16(20)21)6-5-7-13(14)18-15(19)11-8-9-11/h5-7,11H,4,8-10H2,1-3H3,(H,20,21). The normalized spacial score (nSPS) is 15.6. The lowest BCUT2D eigenvalue weighted by molar-refractivity contribution is 0.0698. The molecule has 21 heavy (non-hydrogen) atoms. The van der Waals surface area contributed by atoms with Gasteiger partial charge in [0.15, 0.2) is 0 Å². The average molecular weight is 286 g/mol. The number of aromatic carboxylic acids is 1. The van der Waals surface area contributed by atoms with Crippen molar-refractivity contribution in [3.63, 3.8) is 0 Å². The van der Waals surface area contributed by atoms with Crippen LogP contribution in [0.5, 0.6) is 0 Å². The summed E-state index contributed by atoms with van der Waals surface area (Å²) < 4.78 is 2.20. The molecule has 4 heteroatoms. The molecule has 0 unspecified atom stereocenters. The Morgan fingerprint density at radius 2 is 2.14 bits per heavy atom. The Kier molecular flexibility index (Phi) is 3.27. The molecule has 0 aliphatic heterocycles. The second-order valence-corrected chi connectivity index (χ2v) is 6.62. The largest absolute Gasteiger partial charge is 0.478 e. The Bertz CT molecular complexity index is 696. The van der Waals surface area contributed by atoms with Crippen LogP contribution in [0, 0.1) is 0 Å². The molecule has 0 radical (unpaired) electrons. The van der Waals surface area contributed by atoms with Gasteiger partial charge < -0.3 is 9.67 Å². The van der Waals surface area contributed by atoms with Crippen molar-refractivity contribution in [1.29, 1.82) is 0 Å². The predicted octanol–water partition coefficient (Wildman–Crippen LogP) is 4.15. The number of nitrogens with zero attached hydrogens (tertiary/aromatic N) is 2. The Morgan fingerprint density at radius 3 is 2.71 bits per heavy atom. The highest BCUT2D eigenvalue weighted by atomic mass is 16.4. The molecular formula is C17H22N2O2. The van der Waals surface area contributed by atoms with Gasteiger partial charge in [-0.2, -0.15) is 0 Å². The molecule has 0 saturated heterocycles. The summed E-state index contributed by atoms with van der Waals surface area (Å²) in [6, 6.07) is 5.39. The third-order valence-corrected chi connectivity index (χ3v) is 4.34. The lowest BCUT2D eigenvalue weighted by Crippen LogP contribution is -2.28. The van der Waals surface area contributed by atoms with E-state index in [1.54, 1.807) is 12.1 Å². The molecule has 1 aromatic carbocycles. The van der Waals surface area contributed by atoms with Gasteiger partial charge in [-0.1, -0.05) is 19.4 Å². The van der Waals surface area contributed by atoms with E-state index in [0.717, 1.165) is 42.5 Å². The Balaban J connectivity index is 2.32. The summed E-state index contributed by atoms with van der Waals surface area (Å²) >= 11 is 0. The van der Waals surface area contributed by atoms with Crippen molar-refractivity contribution in [1.82, 2.24) is 9.55 Å². The number of imidazole rings is 1. The van der Waals surface area contributed by atoms with Crippen molar-refractivity contribution >= 4 is 17.0 Å². The SMILES string of the molecule is CCCC(C)(C)n1c(C2CC2)nc2cccc(C(=O)O)c21. The van der Waals surface area contributed by atoms with Crippen LogP contribution in [0.25, 0.3) is 11.0 Å². The third-order valence-electron chi connectivity index (χ3n) is 4.34. The fourth-order valence-electron chi connectivity index (χ4n) is 3.27. The molecule has 1 aliphatic rings. The minimum Gasteiger partial charge on any atom is -0.478 e. The van der Waals surface area contributed by atoms with Crippen molar-refractivity contribution < 1.29 is 9.90 Å². The van der Waals surface area contributed by atoms with Gasteiger partial charge in [0.05, 0.1) is 16.6 Å². The first-order valence-corrected chi connectivity index (χ1v) is 7.71. The van der Waals surface area contributed by atoms with Crippen molar-refractivity contribution in [3.8, 4) is 0 Å². The third kappa shape index (κ3) is 2.33. The van der Waals surface area contributed by atoms with Gasteiger partial charge in [0.1, 0.15) is 5.82 Å². The molecule has 0 atom stereocenters. The van der Waals surface area contributed by atoms with Crippen LogP contribution in [-0.4, -0.2) is 20.6 Å². The van der Waals surface area contributed by atoms with Crippen LogP contribution in [-0.2, 0) is 5.54 Å². The first kappa shape index (κ1) is 14.1. The number of carboxylic acids is 1. The van der Waals surface area contributed by atoms with Gasteiger partial charge in [0.25, 0.3) is 0 Å². The topological polar surface area (TPSA) is 55.1 Å². The summed E-state index contributed by atoms with van der Waals surface area (Å²) in [6.07, 6.45) is 4.39. The number of hydrogen-bond acceptors (Lipinski definition) is 2. The maximum absolute atomic E-state index is 11.6.